The molecule has 0 saturated carbocycles. The number of primary amides is 1. The Morgan fingerprint density at radius 2 is 2.19 bits per heavy atom. The molecule has 7 heteroatoms. The number of methoxy groups -OCH3 is 1. The summed E-state index contributed by atoms with van der Waals surface area (Å²) in [7, 11) is 1.52. The SMILES string of the molecule is COc1cc(CN[C@@H]2CCOc3ccccc32)cc(Cl)c1OCC(N)=O. The number of rotatable bonds is 7. The summed E-state index contributed by atoms with van der Waals surface area (Å²) in [5, 5.41) is 3.90. The number of carbonyl (C=O) groups excluding carboxylic acids is 1. The largest absolute Gasteiger partial charge is 0.493 e. The maximum absolute atomic E-state index is 10.9. The Bertz CT molecular complexity index is 797. The molecule has 0 radical (unpaired) electrons. The van der Waals surface area contributed by atoms with Crippen LogP contribution in [-0.4, -0.2) is 26.2 Å². The zero-order chi connectivity index (χ0) is 18.5. The molecule has 1 aliphatic heterocycles. The van der Waals surface area contributed by atoms with Gasteiger partial charge in [-0.1, -0.05) is 29.8 Å². The lowest BCUT2D eigenvalue weighted by Gasteiger charge is -2.27. The van der Waals surface area contributed by atoms with Crippen LogP contribution in [0, 0.1) is 0 Å². The molecule has 1 aliphatic rings. The Labute approximate surface area is 157 Å². The van der Waals surface area contributed by atoms with Gasteiger partial charge >= 0.3 is 0 Å². The fraction of sp³-hybridized carbons (Fsp3) is 0.316. The minimum Gasteiger partial charge on any atom is -0.493 e. The van der Waals surface area contributed by atoms with Crippen LogP contribution in [0.25, 0.3) is 0 Å². The van der Waals surface area contributed by atoms with Crippen molar-refractivity contribution in [1.29, 1.82) is 0 Å². The van der Waals surface area contributed by atoms with Gasteiger partial charge in [0.2, 0.25) is 0 Å². The average Bonchev–Trinajstić information content (AvgIpc) is 2.64. The van der Waals surface area contributed by atoms with E-state index in [-0.39, 0.29) is 12.6 Å². The predicted octanol–water partition coefficient (Wildman–Crippen LogP) is 2.83. The van der Waals surface area contributed by atoms with E-state index >= 15 is 0 Å². The van der Waals surface area contributed by atoms with Crippen molar-refractivity contribution in [2.24, 2.45) is 5.73 Å². The van der Waals surface area contributed by atoms with Crippen LogP contribution in [0.5, 0.6) is 17.2 Å². The van der Waals surface area contributed by atoms with Crippen molar-refractivity contribution in [1.82, 2.24) is 5.32 Å². The van der Waals surface area contributed by atoms with Crippen molar-refractivity contribution in [2.75, 3.05) is 20.3 Å². The molecule has 1 heterocycles. The number of fused-ring (bicyclic) bond motifs is 1. The smallest absolute Gasteiger partial charge is 0.255 e. The minimum atomic E-state index is -0.577. The molecule has 0 spiro atoms. The lowest BCUT2D eigenvalue weighted by atomic mass is 10.0. The van der Waals surface area contributed by atoms with Crippen LogP contribution < -0.4 is 25.3 Å². The molecule has 0 aliphatic carbocycles. The molecule has 26 heavy (non-hydrogen) atoms. The monoisotopic (exact) mass is 376 g/mol. The summed E-state index contributed by atoms with van der Waals surface area (Å²) in [5.74, 6) is 1.12. The van der Waals surface area contributed by atoms with E-state index in [0.717, 1.165) is 23.3 Å². The van der Waals surface area contributed by atoms with E-state index in [9.17, 15) is 4.79 Å². The first-order valence-corrected chi connectivity index (χ1v) is 8.69. The Morgan fingerprint density at radius 1 is 1.38 bits per heavy atom. The van der Waals surface area contributed by atoms with Crippen molar-refractivity contribution in [2.45, 2.75) is 19.0 Å². The first-order valence-electron chi connectivity index (χ1n) is 8.31. The predicted molar refractivity (Wildman–Crippen MR) is 98.8 cm³/mol. The maximum atomic E-state index is 10.9. The third-order valence-corrected chi connectivity index (χ3v) is 4.44. The molecule has 138 valence electrons. The molecule has 2 aromatic rings. The number of ether oxygens (including phenoxy) is 3. The van der Waals surface area contributed by atoms with E-state index in [0.29, 0.717) is 29.7 Å². The summed E-state index contributed by atoms with van der Waals surface area (Å²) >= 11 is 6.29. The number of hydrogen-bond donors (Lipinski definition) is 2. The van der Waals surface area contributed by atoms with Crippen LogP contribution in [0.1, 0.15) is 23.6 Å². The number of para-hydroxylation sites is 1. The van der Waals surface area contributed by atoms with Gasteiger partial charge in [-0.25, -0.2) is 0 Å². The summed E-state index contributed by atoms with van der Waals surface area (Å²) in [6, 6.07) is 11.9. The number of nitrogens with one attached hydrogen (secondary N) is 1. The summed E-state index contributed by atoms with van der Waals surface area (Å²) < 4.78 is 16.4. The van der Waals surface area contributed by atoms with Gasteiger partial charge in [0, 0.05) is 24.6 Å². The number of halogens is 1. The van der Waals surface area contributed by atoms with Crippen molar-refractivity contribution in [3.63, 3.8) is 0 Å². The molecular formula is C19H21ClN2O4. The molecule has 1 atom stereocenters. The molecule has 0 aromatic heterocycles. The number of benzene rings is 2. The van der Waals surface area contributed by atoms with Gasteiger partial charge in [0.15, 0.2) is 18.1 Å². The quantitative estimate of drug-likeness (QED) is 0.776. The first-order chi connectivity index (χ1) is 12.6. The first kappa shape index (κ1) is 18.4. The van der Waals surface area contributed by atoms with Gasteiger partial charge in [0.25, 0.3) is 5.91 Å². The molecule has 3 N–H and O–H groups in total. The Hall–Kier alpha value is -2.44. The van der Waals surface area contributed by atoms with Gasteiger partial charge in [-0.2, -0.15) is 0 Å². The zero-order valence-corrected chi connectivity index (χ0v) is 15.2. The van der Waals surface area contributed by atoms with Crippen LogP contribution in [0.4, 0.5) is 0 Å². The summed E-state index contributed by atoms with van der Waals surface area (Å²) in [6.07, 6.45) is 0.891. The van der Waals surface area contributed by atoms with E-state index in [2.05, 4.69) is 11.4 Å². The second-order valence-electron chi connectivity index (χ2n) is 5.97. The number of carbonyl (C=O) groups is 1. The molecular weight excluding hydrogens is 356 g/mol. The van der Waals surface area contributed by atoms with Crippen LogP contribution in [0.2, 0.25) is 5.02 Å². The van der Waals surface area contributed by atoms with E-state index in [1.54, 1.807) is 6.07 Å². The lowest BCUT2D eigenvalue weighted by Crippen LogP contribution is -2.26. The van der Waals surface area contributed by atoms with Gasteiger partial charge in [-0.3, -0.25) is 4.79 Å². The maximum Gasteiger partial charge on any atom is 0.255 e. The van der Waals surface area contributed by atoms with E-state index in [1.165, 1.54) is 7.11 Å². The number of hydrogen-bond acceptors (Lipinski definition) is 5. The second-order valence-corrected chi connectivity index (χ2v) is 6.38. The number of nitrogens with two attached hydrogens (primary N) is 1. The molecule has 0 unspecified atom stereocenters. The highest BCUT2D eigenvalue weighted by Crippen LogP contribution is 2.37. The minimum absolute atomic E-state index is 0.204. The van der Waals surface area contributed by atoms with Crippen molar-refractivity contribution >= 4 is 17.5 Å². The Kier molecular flexibility index (Phi) is 5.85. The van der Waals surface area contributed by atoms with E-state index < -0.39 is 5.91 Å². The highest BCUT2D eigenvalue weighted by molar-refractivity contribution is 6.32. The molecule has 2 aromatic carbocycles. The van der Waals surface area contributed by atoms with E-state index in [1.807, 2.05) is 24.3 Å². The van der Waals surface area contributed by atoms with Gasteiger partial charge < -0.3 is 25.3 Å². The highest BCUT2D eigenvalue weighted by atomic mass is 35.5. The van der Waals surface area contributed by atoms with Gasteiger partial charge in [-0.15, -0.1) is 0 Å². The van der Waals surface area contributed by atoms with Crippen LogP contribution in [0.15, 0.2) is 36.4 Å². The molecule has 0 bridgehead atoms. The second kappa shape index (κ2) is 8.29. The zero-order valence-electron chi connectivity index (χ0n) is 14.5. The molecule has 0 fully saturated rings. The lowest BCUT2D eigenvalue weighted by molar-refractivity contribution is -0.119. The van der Waals surface area contributed by atoms with Crippen molar-refractivity contribution in [3.05, 3.63) is 52.5 Å². The molecule has 0 saturated heterocycles. The van der Waals surface area contributed by atoms with Gasteiger partial charge in [0.05, 0.1) is 18.7 Å². The van der Waals surface area contributed by atoms with Crippen LogP contribution in [-0.2, 0) is 11.3 Å². The van der Waals surface area contributed by atoms with Crippen molar-refractivity contribution < 1.29 is 19.0 Å². The fourth-order valence-corrected chi connectivity index (χ4v) is 3.24. The van der Waals surface area contributed by atoms with E-state index in [4.69, 9.17) is 31.5 Å². The highest BCUT2D eigenvalue weighted by Gasteiger charge is 2.21. The summed E-state index contributed by atoms with van der Waals surface area (Å²) in [4.78, 5) is 10.9. The Balaban J connectivity index is 1.73. The molecule has 6 nitrogen and oxygen atoms in total. The molecule has 1 amide bonds. The van der Waals surface area contributed by atoms with Crippen molar-refractivity contribution in [3.8, 4) is 17.2 Å². The third-order valence-electron chi connectivity index (χ3n) is 4.16. The average molecular weight is 377 g/mol. The molecule has 3 rings (SSSR count). The van der Waals surface area contributed by atoms with Crippen LogP contribution in [0.3, 0.4) is 0 Å². The summed E-state index contributed by atoms with van der Waals surface area (Å²) in [5.41, 5.74) is 7.21. The standard InChI is InChI=1S/C19H21ClN2O4/c1-24-17-9-12(8-14(20)19(17)26-11-18(21)23)10-22-15-6-7-25-16-5-3-2-4-13(15)16/h2-5,8-9,15,22H,6-7,10-11H2,1H3,(H2,21,23)/t15-/m1/s1. The topological polar surface area (TPSA) is 82.8 Å². The van der Waals surface area contributed by atoms with Crippen LogP contribution >= 0.6 is 11.6 Å². The third kappa shape index (κ3) is 4.20. The number of amides is 1. The Morgan fingerprint density at radius 3 is 2.96 bits per heavy atom. The van der Waals surface area contributed by atoms with Gasteiger partial charge in [0.1, 0.15) is 5.75 Å². The van der Waals surface area contributed by atoms with Gasteiger partial charge in [-0.05, 0) is 23.8 Å². The normalized spacial score (nSPS) is 15.7. The summed E-state index contributed by atoms with van der Waals surface area (Å²) in [6.45, 7) is 1.02. The fourth-order valence-electron chi connectivity index (χ4n) is 2.95.